The Labute approximate surface area is 212 Å². The maximum absolute atomic E-state index is 13.2. The van der Waals surface area contributed by atoms with Gasteiger partial charge in [-0.25, -0.2) is 4.98 Å². The summed E-state index contributed by atoms with van der Waals surface area (Å²) < 4.78 is 7.62. The van der Waals surface area contributed by atoms with Crippen molar-refractivity contribution in [3.8, 4) is 5.75 Å². The summed E-state index contributed by atoms with van der Waals surface area (Å²) in [7, 11) is 1.69. The first-order valence-corrected chi connectivity index (χ1v) is 12.7. The number of fused-ring (bicyclic) bond motifs is 1. The van der Waals surface area contributed by atoms with Crippen molar-refractivity contribution in [1.29, 1.82) is 0 Å². The Balaban J connectivity index is 1.33. The SMILES string of the molecule is COc1ccc(Cn2c(CN3CCC[C@@H](C(=O)Nc4cc(C)ccc4C)C3)nc3ccccc32)cc1. The van der Waals surface area contributed by atoms with Crippen molar-refractivity contribution in [2.45, 2.75) is 39.8 Å². The number of rotatable bonds is 7. The molecule has 0 saturated carbocycles. The molecule has 6 nitrogen and oxygen atoms in total. The van der Waals surface area contributed by atoms with E-state index in [2.05, 4.69) is 70.2 Å². The average Bonchev–Trinajstić information content (AvgIpc) is 3.23. The van der Waals surface area contributed by atoms with Crippen molar-refractivity contribution >= 4 is 22.6 Å². The Morgan fingerprint density at radius 1 is 1.06 bits per heavy atom. The van der Waals surface area contributed by atoms with Gasteiger partial charge in [-0.05, 0) is 80.3 Å². The number of nitrogens with one attached hydrogen (secondary N) is 1. The van der Waals surface area contributed by atoms with Crippen molar-refractivity contribution in [3.05, 3.63) is 89.2 Å². The number of methoxy groups -OCH3 is 1. The van der Waals surface area contributed by atoms with Gasteiger partial charge in [-0.1, -0.05) is 36.4 Å². The lowest BCUT2D eigenvalue weighted by Gasteiger charge is -2.32. The van der Waals surface area contributed by atoms with Gasteiger partial charge in [0.05, 0.1) is 30.6 Å². The molecule has 186 valence electrons. The summed E-state index contributed by atoms with van der Waals surface area (Å²) >= 11 is 0. The number of benzene rings is 3. The van der Waals surface area contributed by atoms with Crippen LogP contribution in [-0.4, -0.2) is 40.6 Å². The lowest BCUT2D eigenvalue weighted by molar-refractivity contribution is -0.121. The van der Waals surface area contributed by atoms with Crippen LogP contribution in [0.2, 0.25) is 0 Å². The third kappa shape index (κ3) is 5.29. The van der Waals surface area contributed by atoms with Gasteiger partial charge in [0, 0.05) is 18.8 Å². The Hall–Kier alpha value is -3.64. The average molecular weight is 483 g/mol. The van der Waals surface area contributed by atoms with Gasteiger partial charge in [-0.3, -0.25) is 9.69 Å². The lowest BCUT2D eigenvalue weighted by Crippen LogP contribution is -2.40. The van der Waals surface area contributed by atoms with Crippen molar-refractivity contribution < 1.29 is 9.53 Å². The first-order valence-electron chi connectivity index (χ1n) is 12.7. The van der Waals surface area contributed by atoms with Gasteiger partial charge in [-0.15, -0.1) is 0 Å². The van der Waals surface area contributed by atoms with Crippen LogP contribution in [0.15, 0.2) is 66.7 Å². The summed E-state index contributed by atoms with van der Waals surface area (Å²) in [5, 5.41) is 3.18. The number of ether oxygens (including phenoxy) is 1. The zero-order valence-corrected chi connectivity index (χ0v) is 21.3. The van der Waals surface area contributed by atoms with E-state index in [-0.39, 0.29) is 11.8 Å². The standard InChI is InChI=1S/C30H34N4O2/c1-21-10-11-22(2)27(17-21)32-30(35)24-7-6-16-33(19-24)20-29-31-26-8-4-5-9-28(26)34(29)18-23-12-14-25(36-3)15-13-23/h4-5,8-15,17,24H,6-7,16,18-20H2,1-3H3,(H,32,35)/t24-/m1/s1. The number of carbonyl (C=O) groups is 1. The van der Waals surface area contributed by atoms with Crippen LogP contribution in [0.25, 0.3) is 11.0 Å². The fourth-order valence-electron chi connectivity index (χ4n) is 5.05. The molecular weight excluding hydrogens is 448 g/mol. The van der Waals surface area contributed by atoms with E-state index in [0.717, 1.165) is 78.4 Å². The van der Waals surface area contributed by atoms with Crippen LogP contribution in [0.3, 0.4) is 0 Å². The second-order valence-electron chi connectivity index (χ2n) is 9.83. The van der Waals surface area contributed by atoms with E-state index in [0.29, 0.717) is 0 Å². The highest BCUT2D eigenvalue weighted by atomic mass is 16.5. The Bertz CT molecular complexity index is 1360. The summed E-state index contributed by atoms with van der Waals surface area (Å²) in [6, 6.07) is 22.7. The molecule has 5 rings (SSSR count). The van der Waals surface area contributed by atoms with Crippen molar-refractivity contribution in [1.82, 2.24) is 14.5 Å². The first kappa shape index (κ1) is 24.1. The number of likely N-dealkylation sites (tertiary alicyclic amines) is 1. The number of nitrogens with zero attached hydrogens (tertiary/aromatic N) is 3. The molecule has 1 saturated heterocycles. The predicted molar refractivity (Wildman–Crippen MR) is 144 cm³/mol. The molecule has 1 aliphatic heterocycles. The Morgan fingerprint density at radius 2 is 1.86 bits per heavy atom. The molecule has 1 atom stereocenters. The van der Waals surface area contributed by atoms with E-state index in [9.17, 15) is 4.79 Å². The highest BCUT2D eigenvalue weighted by Crippen LogP contribution is 2.25. The molecular formula is C30H34N4O2. The monoisotopic (exact) mass is 482 g/mol. The highest BCUT2D eigenvalue weighted by molar-refractivity contribution is 5.93. The largest absolute Gasteiger partial charge is 0.497 e. The molecule has 0 bridgehead atoms. The van der Waals surface area contributed by atoms with Gasteiger partial charge < -0.3 is 14.6 Å². The molecule has 1 N–H and O–H groups in total. The van der Waals surface area contributed by atoms with Gasteiger partial charge in [0.2, 0.25) is 5.91 Å². The van der Waals surface area contributed by atoms with Crippen molar-refractivity contribution in [2.75, 3.05) is 25.5 Å². The van der Waals surface area contributed by atoms with E-state index in [4.69, 9.17) is 9.72 Å². The van der Waals surface area contributed by atoms with Crippen LogP contribution in [-0.2, 0) is 17.9 Å². The van der Waals surface area contributed by atoms with Gasteiger partial charge in [0.25, 0.3) is 0 Å². The van der Waals surface area contributed by atoms with Gasteiger partial charge in [-0.2, -0.15) is 0 Å². The third-order valence-corrected chi connectivity index (χ3v) is 7.13. The fourth-order valence-corrected chi connectivity index (χ4v) is 5.05. The normalized spacial score (nSPS) is 16.2. The molecule has 0 spiro atoms. The number of hydrogen-bond donors (Lipinski definition) is 1. The van der Waals surface area contributed by atoms with Crippen molar-refractivity contribution in [2.24, 2.45) is 5.92 Å². The number of carbonyl (C=O) groups excluding carboxylic acids is 1. The smallest absolute Gasteiger partial charge is 0.228 e. The second-order valence-corrected chi connectivity index (χ2v) is 9.83. The minimum Gasteiger partial charge on any atom is -0.497 e. The minimum absolute atomic E-state index is 0.0296. The van der Waals surface area contributed by atoms with Crippen LogP contribution in [0.5, 0.6) is 5.75 Å². The Kier molecular flexibility index (Phi) is 7.05. The van der Waals surface area contributed by atoms with Crippen LogP contribution >= 0.6 is 0 Å². The topological polar surface area (TPSA) is 59.4 Å². The number of aryl methyl sites for hydroxylation is 2. The number of piperidine rings is 1. The summed E-state index contributed by atoms with van der Waals surface area (Å²) in [6.45, 7) is 7.26. The zero-order valence-electron chi connectivity index (χ0n) is 21.3. The molecule has 2 heterocycles. The fraction of sp³-hybridized carbons (Fsp3) is 0.333. The van der Waals surface area contributed by atoms with E-state index >= 15 is 0 Å². The highest BCUT2D eigenvalue weighted by Gasteiger charge is 2.27. The number of aromatic nitrogens is 2. The van der Waals surface area contributed by atoms with Gasteiger partial charge in [0.15, 0.2) is 0 Å². The van der Waals surface area contributed by atoms with E-state index < -0.39 is 0 Å². The van der Waals surface area contributed by atoms with Crippen LogP contribution in [0.1, 0.15) is 35.4 Å². The number of imidazole rings is 1. The minimum atomic E-state index is -0.0296. The lowest BCUT2D eigenvalue weighted by atomic mass is 9.96. The van der Waals surface area contributed by atoms with Gasteiger partial charge >= 0.3 is 0 Å². The molecule has 0 aliphatic carbocycles. The maximum atomic E-state index is 13.2. The molecule has 0 unspecified atom stereocenters. The number of para-hydroxylation sites is 2. The van der Waals surface area contributed by atoms with E-state index in [1.807, 2.05) is 25.1 Å². The summed E-state index contributed by atoms with van der Waals surface area (Å²) in [6.07, 6.45) is 1.92. The molecule has 1 aromatic heterocycles. The third-order valence-electron chi connectivity index (χ3n) is 7.13. The number of anilines is 1. The maximum Gasteiger partial charge on any atom is 0.228 e. The molecule has 0 radical (unpaired) electrons. The molecule has 1 aliphatic rings. The van der Waals surface area contributed by atoms with Gasteiger partial charge in [0.1, 0.15) is 11.6 Å². The van der Waals surface area contributed by atoms with Crippen LogP contribution in [0, 0.1) is 19.8 Å². The summed E-state index contributed by atoms with van der Waals surface area (Å²) in [5.74, 6) is 1.97. The predicted octanol–water partition coefficient (Wildman–Crippen LogP) is 5.56. The van der Waals surface area contributed by atoms with Crippen LogP contribution in [0.4, 0.5) is 5.69 Å². The molecule has 3 aromatic carbocycles. The van der Waals surface area contributed by atoms with Crippen LogP contribution < -0.4 is 10.1 Å². The second kappa shape index (κ2) is 10.5. The van der Waals surface area contributed by atoms with E-state index in [1.165, 1.54) is 5.56 Å². The first-order chi connectivity index (χ1) is 17.5. The quantitative estimate of drug-likeness (QED) is 0.375. The number of amides is 1. The van der Waals surface area contributed by atoms with Crippen molar-refractivity contribution in [3.63, 3.8) is 0 Å². The summed E-state index contributed by atoms with van der Waals surface area (Å²) in [5.41, 5.74) is 6.49. The molecule has 1 fully saturated rings. The Morgan fingerprint density at radius 3 is 2.67 bits per heavy atom. The molecule has 4 aromatic rings. The zero-order chi connectivity index (χ0) is 25.1. The molecule has 1 amide bonds. The number of hydrogen-bond acceptors (Lipinski definition) is 4. The summed E-state index contributed by atoms with van der Waals surface area (Å²) in [4.78, 5) is 20.5. The molecule has 36 heavy (non-hydrogen) atoms. The van der Waals surface area contributed by atoms with E-state index in [1.54, 1.807) is 7.11 Å². The molecule has 6 heteroatoms.